The fourth-order valence-corrected chi connectivity index (χ4v) is 5.34. The molecule has 176 valence electrons. The second kappa shape index (κ2) is 8.75. The van der Waals surface area contributed by atoms with Crippen LogP contribution >= 0.6 is 11.6 Å². The van der Waals surface area contributed by atoms with E-state index < -0.39 is 10.0 Å². The van der Waals surface area contributed by atoms with Crippen molar-refractivity contribution < 1.29 is 18.3 Å². The van der Waals surface area contributed by atoms with Gasteiger partial charge in [-0.15, -0.1) is 0 Å². The third-order valence-corrected chi connectivity index (χ3v) is 7.49. The van der Waals surface area contributed by atoms with E-state index in [-0.39, 0.29) is 22.4 Å². The molecule has 0 saturated carbocycles. The number of hydrogen-bond donors (Lipinski definition) is 3. The van der Waals surface area contributed by atoms with Crippen molar-refractivity contribution in [2.45, 2.75) is 4.90 Å². The lowest BCUT2D eigenvalue weighted by Crippen LogP contribution is -2.48. The molecule has 4 aromatic rings. The summed E-state index contributed by atoms with van der Waals surface area (Å²) in [7, 11) is -2.48. The monoisotopic (exact) mass is 500 g/mol. The van der Waals surface area contributed by atoms with E-state index in [0.717, 1.165) is 11.2 Å². The first-order valence-corrected chi connectivity index (χ1v) is 12.3. The maximum Gasteiger partial charge on any atom is 0.263 e. The van der Waals surface area contributed by atoms with Crippen molar-refractivity contribution in [2.24, 2.45) is 5.92 Å². The first-order valence-electron chi connectivity index (χ1n) is 10.4. The van der Waals surface area contributed by atoms with Crippen LogP contribution in [0.2, 0.25) is 5.02 Å². The van der Waals surface area contributed by atoms with Gasteiger partial charge in [0, 0.05) is 42.9 Å². The number of aromatic nitrogens is 4. The summed E-state index contributed by atoms with van der Waals surface area (Å²) in [4.78, 5) is 11.3. The van der Waals surface area contributed by atoms with Crippen molar-refractivity contribution in [3.8, 4) is 17.1 Å². The summed E-state index contributed by atoms with van der Waals surface area (Å²) in [5, 5.41) is 17.2. The molecule has 0 radical (unpaired) electrons. The van der Waals surface area contributed by atoms with E-state index in [2.05, 4.69) is 24.8 Å². The Labute approximate surface area is 200 Å². The van der Waals surface area contributed by atoms with Gasteiger partial charge in [-0.2, -0.15) is 5.10 Å². The summed E-state index contributed by atoms with van der Waals surface area (Å²) in [5.74, 6) is 1.83. The molecule has 12 heteroatoms. The number of nitrogens with zero attached hydrogens (tertiary/aromatic N) is 4. The van der Waals surface area contributed by atoms with E-state index in [1.807, 2.05) is 0 Å². The average molecular weight is 501 g/mol. The topological polar surface area (TPSA) is 133 Å². The molecule has 1 aliphatic heterocycles. The number of aromatic amines is 1. The second-order valence-electron chi connectivity index (χ2n) is 7.94. The molecule has 1 fully saturated rings. The van der Waals surface area contributed by atoms with Gasteiger partial charge in [-0.3, -0.25) is 9.82 Å². The zero-order valence-electron chi connectivity index (χ0n) is 18.1. The molecule has 2 aromatic heterocycles. The molecular formula is C22H21ClN6O4S. The van der Waals surface area contributed by atoms with E-state index in [9.17, 15) is 13.5 Å². The van der Waals surface area contributed by atoms with E-state index in [4.69, 9.17) is 21.3 Å². The number of fused-ring (bicyclic) bond motifs is 1. The Kier molecular flexibility index (Phi) is 5.76. The van der Waals surface area contributed by atoms with Crippen molar-refractivity contribution in [1.82, 2.24) is 20.2 Å². The molecule has 0 bridgehead atoms. The number of ether oxygens (including phenoxy) is 1. The number of nitrogens with one attached hydrogen (secondary N) is 2. The number of aliphatic hydroxyl groups excluding tert-OH is 1. The van der Waals surface area contributed by atoms with Crippen molar-refractivity contribution >= 4 is 44.2 Å². The number of benzene rings is 2. The van der Waals surface area contributed by atoms with Gasteiger partial charge >= 0.3 is 0 Å². The van der Waals surface area contributed by atoms with Crippen LogP contribution in [0.15, 0.2) is 53.6 Å². The maximum absolute atomic E-state index is 12.9. The van der Waals surface area contributed by atoms with Crippen LogP contribution < -0.4 is 14.4 Å². The van der Waals surface area contributed by atoms with Crippen molar-refractivity contribution in [3.05, 3.63) is 53.7 Å². The number of rotatable bonds is 7. The summed E-state index contributed by atoms with van der Waals surface area (Å²) in [6.45, 7) is 1.56. The van der Waals surface area contributed by atoms with Crippen LogP contribution in [0.3, 0.4) is 0 Å². The molecule has 0 atom stereocenters. The van der Waals surface area contributed by atoms with Gasteiger partial charge in [-0.05, 0) is 36.4 Å². The van der Waals surface area contributed by atoms with Crippen LogP contribution in [-0.2, 0) is 10.0 Å². The van der Waals surface area contributed by atoms with Gasteiger partial charge in [-0.1, -0.05) is 11.6 Å². The molecule has 5 rings (SSSR count). The van der Waals surface area contributed by atoms with Crippen LogP contribution in [0.1, 0.15) is 0 Å². The highest BCUT2D eigenvalue weighted by molar-refractivity contribution is 7.92. The summed E-state index contributed by atoms with van der Waals surface area (Å²) < 4.78 is 33.4. The minimum atomic E-state index is -3.93. The Morgan fingerprint density at radius 2 is 1.97 bits per heavy atom. The number of anilines is 2. The number of aliphatic hydroxyl groups is 1. The minimum absolute atomic E-state index is 0.0778. The predicted octanol–water partition coefficient (Wildman–Crippen LogP) is 2.91. The molecule has 1 saturated heterocycles. The third kappa shape index (κ3) is 4.13. The average Bonchev–Trinajstić information content (AvgIpc) is 3.28. The van der Waals surface area contributed by atoms with E-state index in [1.54, 1.807) is 36.5 Å². The van der Waals surface area contributed by atoms with Crippen LogP contribution in [0.4, 0.5) is 11.5 Å². The zero-order chi connectivity index (χ0) is 23.9. The smallest absolute Gasteiger partial charge is 0.263 e. The van der Waals surface area contributed by atoms with Crippen LogP contribution in [0.5, 0.6) is 5.75 Å². The summed E-state index contributed by atoms with van der Waals surface area (Å²) >= 11 is 6.11. The third-order valence-electron chi connectivity index (χ3n) is 5.63. The lowest BCUT2D eigenvalue weighted by atomic mass is 10.0. The first kappa shape index (κ1) is 22.4. The Morgan fingerprint density at radius 1 is 1.21 bits per heavy atom. The quantitative estimate of drug-likeness (QED) is 0.352. The summed E-state index contributed by atoms with van der Waals surface area (Å²) in [5.41, 5.74) is 1.67. The van der Waals surface area contributed by atoms with E-state index in [0.29, 0.717) is 41.6 Å². The standard InChI is InChI=1S/C22H21ClN6O4S/c1-33-16-6-7-18(23)19(8-16)34(31,32)28-15-4-2-14(3-5-15)20-25-21-17(9-24-27-21)22(26-20)29-10-13(11-29)12-30/h2-9,13,28,30H,10-12H2,1H3,(H,24,25,26,27). The Balaban J connectivity index is 1.42. The van der Waals surface area contributed by atoms with Gasteiger partial charge in [-0.25, -0.2) is 18.4 Å². The molecule has 3 heterocycles. The van der Waals surface area contributed by atoms with Crippen molar-refractivity contribution in [3.63, 3.8) is 0 Å². The molecule has 0 aliphatic carbocycles. The molecular weight excluding hydrogens is 480 g/mol. The van der Waals surface area contributed by atoms with Gasteiger partial charge in [0.05, 0.1) is 23.7 Å². The highest BCUT2D eigenvalue weighted by Crippen LogP contribution is 2.32. The van der Waals surface area contributed by atoms with Gasteiger partial charge in [0.25, 0.3) is 10.0 Å². The van der Waals surface area contributed by atoms with Gasteiger partial charge < -0.3 is 14.7 Å². The molecule has 0 amide bonds. The van der Waals surface area contributed by atoms with Gasteiger partial charge in [0.1, 0.15) is 16.5 Å². The van der Waals surface area contributed by atoms with Crippen molar-refractivity contribution in [1.29, 1.82) is 0 Å². The van der Waals surface area contributed by atoms with Crippen molar-refractivity contribution in [2.75, 3.05) is 36.4 Å². The summed E-state index contributed by atoms with van der Waals surface area (Å²) in [6.07, 6.45) is 1.68. The molecule has 0 unspecified atom stereocenters. The fraction of sp³-hybridized carbons (Fsp3) is 0.227. The zero-order valence-corrected chi connectivity index (χ0v) is 19.6. The number of methoxy groups -OCH3 is 1. The molecule has 3 N–H and O–H groups in total. The van der Waals surface area contributed by atoms with Gasteiger partial charge in [0.15, 0.2) is 11.5 Å². The minimum Gasteiger partial charge on any atom is -0.497 e. The second-order valence-corrected chi connectivity index (χ2v) is 9.99. The number of sulfonamides is 1. The lowest BCUT2D eigenvalue weighted by molar-refractivity contribution is 0.200. The summed E-state index contributed by atoms with van der Waals surface area (Å²) in [6, 6.07) is 11.2. The van der Waals surface area contributed by atoms with Gasteiger partial charge in [0.2, 0.25) is 0 Å². The van der Waals surface area contributed by atoms with Crippen LogP contribution in [0.25, 0.3) is 22.4 Å². The Morgan fingerprint density at radius 3 is 2.68 bits per heavy atom. The molecule has 0 spiro atoms. The maximum atomic E-state index is 12.9. The fourth-order valence-electron chi connectivity index (χ4n) is 3.76. The van der Waals surface area contributed by atoms with Crippen LogP contribution in [0, 0.1) is 5.92 Å². The molecule has 34 heavy (non-hydrogen) atoms. The first-order chi connectivity index (χ1) is 16.4. The largest absolute Gasteiger partial charge is 0.497 e. The molecule has 2 aromatic carbocycles. The normalized spacial score (nSPS) is 14.3. The van der Waals surface area contributed by atoms with E-state index >= 15 is 0 Å². The lowest BCUT2D eigenvalue weighted by Gasteiger charge is -2.39. The Hall–Kier alpha value is -3.41. The Bertz CT molecular complexity index is 1450. The SMILES string of the molecule is COc1ccc(Cl)c(S(=O)(=O)Nc2ccc(-c3nc(N4CC(CO)C4)c4cn[nH]c4n3)cc2)c1. The van der Waals surface area contributed by atoms with E-state index in [1.165, 1.54) is 19.2 Å². The number of H-pyrrole nitrogens is 1. The highest BCUT2D eigenvalue weighted by atomic mass is 35.5. The predicted molar refractivity (Wildman–Crippen MR) is 129 cm³/mol. The molecule has 1 aliphatic rings. The molecule has 10 nitrogen and oxygen atoms in total. The number of hydrogen-bond acceptors (Lipinski definition) is 8. The number of halogens is 1. The highest BCUT2D eigenvalue weighted by Gasteiger charge is 2.29. The van der Waals surface area contributed by atoms with Crippen LogP contribution in [-0.4, -0.2) is 60.5 Å².